The van der Waals surface area contributed by atoms with E-state index in [-0.39, 0.29) is 0 Å². The van der Waals surface area contributed by atoms with Crippen LogP contribution in [0.3, 0.4) is 0 Å². The van der Waals surface area contributed by atoms with Crippen molar-refractivity contribution in [2.75, 3.05) is 11.9 Å². The fraction of sp³-hybridized carbons (Fsp3) is 0.125. The molecular formula is C16H14Cl3NO. The number of nitrogens with one attached hydrogen (secondary N) is 1. The average Bonchev–Trinajstić information content (AvgIpc) is 2.48. The Hall–Kier alpha value is -1.35. The zero-order valence-corrected chi connectivity index (χ0v) is 13.5. The van der Waals surface area contributed by atoms with Gasteiger partial charge in [-0.2, -0.15) is 0 Å². The van der Waals surface area contributed by atoms with Crippen molar-refractivity contribution < 1.29 is 4.74 Å². The van der Waals surface area contributed by atoms with Crippen LogP contribution in [0, 0.1) is 0 Å². The number of halogens is 3. The molecule has 0 atom stereocenters. The molecule has 0 amide bonds. The number of ether oxygens (including phenoxy) is 1. The number of hydrogen-bond donors (Lipinski definition) is 1. The van der Waals surface area contributed by atoms with E-state index in [4.69, 9.17) is 39.5 Å². The first-order valence-electron chi connectivity index (χ1n) is 6.32. The molecule has 21 heavy (non-hydrogen) atoms. The molecule has 0 aliphatic carbocycles. The molecule has 2 rings (SSSR count). The smallest absolute Gasteiger partial charge is 0.124 e. The van der Waals surface area contributed by atoms with E-state index in [2.05, 4.69) is 11.9 Å². The molecule has 0 aromatic heterocycles. The molecule has 0 aliphatic heterocycles. The lowest BCUT2D eigenvalue weighted by Gasteiger charge is -2.13. The minimum absolute atomic E-state index is 0.432. The molecule has 0 saturated heterocycles. The highest BCUT2D eigenvalue weighted by molar-refractivity contribution is 6.44. The molecule has 0 saturated carbocycles. The zero-order chi connectivity index (χ0) is 15.2. The highest BCUT2D eigenvalue weighted by Crippen LogP contribution is 2.32. The minimum atomic E-state index is 0.432. The third-order valence-corrected chi connectivity index (χ3v) is 3.84. The van der Waals surface area contributed by atoms with Crippen LogP contribution in [0.2, 0.25) is 15.1 Å². The Morgan fingerprint density at radius 3 is 2.52 bits per heavy atom. The third-order valence-electron chi connectivity index (χ3n) is 2.81. The van der Waals surface area contributed by atoms with Crippen molar-refractivity contribution in [3.05, 3.63) is 69.7 Å². The Bertz CT molecular complexity index is 643. The Labute approximate surface area is 139 Å². The number of rotatable bonds is 6. The molecular weight excluding hydrogens is 329 g/mol. The largest absolute Gasteiger partial charge is 0.489 e. The first-order valence-corrected chi connectivity index (χ1v) is 7.45. The standard InChI is InChI=1S/C16H14Cl3NO/c1-2-7-21-16-6-4-3-5-11(16)10-20-15-9-13(18)12(17)8-14(15)19/h2-6,8-9,20H,1,7,10H2. The molecule has 0 spiro atoms. The van der Waals surface area contributed by atoms with Crippen molar-refractivity contribution in [2.45, 2.75) is 6.54 Å². The predicted octanol–water partition coefficient (Wildman–Crippen LogP) is 5.82. The number of anilines is 1. The first kappa shape index (κ1) is 16.0. The van der Waals surface area contributed by atoms with Gasteiger partial charge in [0.05, 0.1) is 20.8 Å². The van der Waals surface area contributed by atoms with Crippen molar-refractivity contribution in [3.63, 3.8) is 0 Å². The Kier molecular flexibility index (Phi) is 5.80. The Balaban J connectivity index is 2.13. The van der Waals surface area contributed by atoms with Crippen molar-refractivity contribution in [3.8, 4) is 5.75 Å². The van der Waals surface area contributed by atoms with Crippen LogP contribution in [0.15, 0.2) is 49.1 Å². The molecule has 5 heteroatoms. The maximum Gasteiger partial charge on any atom is 0.124 e. The summed E-state index contributed by atoms with van der Waals surface area (Å²) in [6.45, 7) is 4.67. The van der Waals surface area contributed by atoms with E-state index in [0.29, 0.717) is 28.2 Å². The zero-order valence-electron chi connectivity index (χ0n) is 11.2. The van der Waals surface area contributed by atoms with Gasteiger partial charge in [-0.15, -0.1) is 0 Å². The van der Waals surface area contributed by atoms with E-state index in [1.807, 2.05) is 24.3 Å². The first-order chi connectivity index (χ1) is 10.1. The fourth-order valence-corrected chi connectivity index (χ4v) is 2.40. The Morgan fingerprint density at radius 2 is 1.76 bits per heavy atom. The van der Waals surface area contributed by atoms with Crippen molar-refractivity contribution >= 4 is 40.5 Å². The summed E-state index contributed by atoms with van der Waals surface area (Å²) >= 11 is 18.1. The Morgan fingerprint density at radius 1 is 1.05 bits per heavy atom. The lowest BCUT2D eigenvalue weighted by molar-refractivity contribution is 0.359. The lowest BCUT2D eigenvalue weighted by Crippen LogP contribution is -2.03. The molecule has 110 valence electrons. The van der Waals surface area contributed by atoms with Gasteiger partial charge < -0.3 is 10.1 Å². The van der Waals surface area contributed by atoms with Gasteiger partial charge in [-0.1, -0.05) is 65.7 Å². The van der Waals surface area contributed by atoms with Crippen molar-refractivity contribution in [2.24, 2.45) is 0 Å². The number of para-hydroxylation sites is 1. The summed E-state index contributed by atoms with van der Waals surface area (Å²) in [5, 5.41) is 4.65. The van der Waals surface area contributed by atoms with Crippen LogP contribution in [0.1, 0.15) is 5.56 Å². The SMILES string of the molecule is C=CCOc1ccccc1CNc1cc(Cl)c(Cl)cc1Cl. The molecule has 2 aromatic rings. The van der Waals surface area contributed by atoms with Gasteiger partial charge >= 0.3 is 0 Å². The molecule has 0 unspecified atom stereocenters. The molecule has 0 heterocycles. The molecule has 0 radical (unpaired) electrons. The molecule has 2 aromatic carbocycles. The quantitative estimate of drug-likeness (QED) is 0.527. The summed E-state index contributed by atoms with van der Waals surface area (Å²) in [5.41, 5.74) is 1.74. The minimum Gasteiger partial charge on any atom is -0.489 e. The predicted molar refractivity (Wildman–Crippen MR) is 90.9 cm³/mol. The lowest BCUT2D eigenvalue weighted by atomic mass is 10.2. The van der Waals surface area contributed by atoms with Gasteiger partial charge in [0, 0.05) is 12.1 Å². The van der Waals surface area contributed by atoms with E-state index < -0.39 is 0 Å². The molecule has 2 nitrogen and oxygen atoms in total. The van der Waals surface area contributed by atoms with Crippen LogP contribution < -0.4 is 10.1 Å². The van der Waals surface area contributed by atoms with Gasteiger partial charge in [0.2, 0.25) is 0 Å². The second-order valence-corrected chi connectivity index (χ2v) is 5.53. The normalized spacial score (nSPS) is 10.2. The van der Waals surface area contributed by atoms with Gasteiger partial charge in [0.1, 0.15) is 12.4 Å². The molecule has 1 N–H and O–H groups in total. The maximum atomic E-state index is 6.14. The summed E-state index contributed by atoms with van der Waals surface area (Å²) in [6, 6.07) is 11.1. The summed E-state index contributed by atoms with van der Waals surface area (Å²) in [7, 11) is 0. The van der Waals surface area contributed by atoms with Gasteiger partial charge in [-0.05, 0) is 18.2 Å². The van der Waals surface area contributed by atoms with E-state index >= 15 is 0 Å². The number of hydrogen-bond acceptors (Lipinski definition) is 2. The van der Waals surface area contributed by atoms with Gasteiger partial charge in [-0.25, -0.2) is 0 Å². The van der Waals surface area contributed by atoms with Crippen molar-refractivity contribution in [1.82, 2.24) is 0 Å². The van der Waals surface area contributed by atoms with Crippen LogP contribution in [0.5, 0.6) is 5.75 Å². The van der Waals surface area contributed by atoms with Crippen molar-refractivity contribution in [1.29, 1.82) is 0 Å². The monoisotopic (exact) mass is 341 g/mol. The molecule has 0 aliphatic rings. The van der Waals surface area contributed by atoms with Gasteiger partial charge in [0.15, 0.2) is 0 Å². The van der Waals surface area contributed by atoms with Crippen LogP contribution in [-0.2, 0) is 6.54 Å². The second kappa shape index (κ2) is 7.60. The van der Waals surface area contributed by atoms with E-state index in [1.165, 1.54) is 0 Å². The highest BCUT2D eigenvalue weighted by Gasteiger charge is 2.07. The summed E-state index contributed by atoms with van der Waals surface area (Å²) in [5.74, 6) is 0.807. The fourth-order valence-electron chi connectivity index (χ4n) is 1.79. The number of benzene rings is 2. The van der Waals surface area contributed by atoms with Crippen LogP contribution in [0.25, 0.3) is 0 Å². The van der Waals surface area contributed by atoms with Crippen LogP contribution >= 0.6 is 34.8 Å². The molecule has 0 bridgehead atoms. The highest BCUT2D eigenvalue weighted by atomic mass is 35.5. The second-order valence-electron chi connectivity index (χ2n) is 4.31. The third kappa shape index (κ3) is 4.31. The van der Waals surface area contributed by atoms with Gasteiger partial charge in [0.25, 0.3) is 0 Å². The summed E-state index contributed by atoms with van der Waals surface area (Å²) in [4.78, 5) is 0. The summed E-state index contributed by atoms with van der Waals surface area (Å²) in [6.07, 6.45) is 1.71. The topological polar surface area (TPSA) is 21.3 Å². The van der Waals surface area contributed by atoms with Crippen LogP contribution in [-0.4, -0.2) is 6.61 Å². The van der Waals surface area contributed by atoms with Crippen LogP contribution in [0.4, 0.5) is 5.69 Å². The molecule has 0 fully saturated rings. The van der Waals surface area contributed by atoms with E-state index in [9.17, 15) is 0 Å². The maximum absolute atomic E-state index is 6.14. The van der Waals surface area contributed by atoms with E-state index in [1.54, 1.807) is 18.2 Å². The van der Waals surface area contributed by atoms with E-state index in [0.717, 1.165) is 17.0 Å². The van der Waals surface area contributed by atoms with Gasteiger partial charge in [-0.3, -0.25) is 0 Å². The average molecular weight is 343 g/mol. The summed E-state index contributed by atoms with van der Waals surface area (Å²) < 4.78 is 5.61.